The lowest BCUT2D eigenvalue weighted by Crippen LogP contribution is -2.55. The Morgan fingerprint density at radius 3 is 2.79 bits per heavy atom. The molecule has 1 N–H and O–H groups in total. The molecule has 1 aromatic carbocycles. The zero-order valence-corrected chi connectivity index (χ0v) is 16.5. The molecule has 1 fully saturated rings. The summed E-state index contributed by atoms with van der Waals surface area (Å²) in [7, 11) is 1.85. The average molecular weight is 384 g/mol. The number of nitrogens with zero attached hydrogens (tertiary/aromatic N) is 5. The fraction of sp³-hybridized carbons (Fsp3) is 0.450. The number of aliphatic imine (C=N–C) groups is 1. The summed E-state index contributed by atoms with van der Waals surface area (Å²) in [5, 5.41) is 7.42. The van der Waals surface area contributed by atoms with E-state index in [1.807, 2.05) is 55.4 Å². The van der Waals surface area contributed by atoms with Crippen molar-refractivity contribution in [2.24, 2.45) is 12.0 Å². The van der Waals surface area contributed by atoms with Crippen LogP contribution >= 0.6 is 0 Å². The van der Waals surface area contributed by atoms with E-state index in [1.165, 1.54) is 0 Å². The van der Waals surface area contributed by atoms with Gasteiger partial charge in [-0.2, -0.15) is 5.10 Å². The third-order valence-electron chi connectivity index (χ3n) is 4.47. The van der Waals surface area contributed by atoms with Gasteiger partial charge < -0.3 is 19.9 Å². The van der Waals surface area contributed by atoms with Gasteiger partial charge in [0.25, 0.3) is 0 Å². The molecule has 0 bridgehead atoms. The summed E-state index contributed by atoms with van der Waals surface area (Å²) >= 11 is 0. The molecular weight excluding hydrogens is 356 g/mol. The van der Waals surface area contributed by atoms with Crippen molar-refractivity contribution in [1.82, 2.24) is 20.0 Å². The Bertz CT molecular complexity index is 789. The van der Waals surface area contributed by atoms with Gasteiger partial charge in [0, 0.05) is 32.9 Å². The lowest BCUT2D eigenvalue weighted by atomic mass is 10.2. The fourth-order valence-electron chi connectivity index (χ4n) is 3.08. The van der Waals surface area contributed by atoms with Crippen molar-refractivity contribution in [2.75, 3.05) is 44.2 Å². The molecule has 1 aliphatic rings. The Kier molecular flexibility index (Phi) is 7.02. The average Bonchev–Trinajstić information content (AvgIpc) is 3.13. The number of nitrogens with one attached hydrogen (secondary N) is 1. The predicted molar refractivity (Wildman–Crippen MR) is 109 cm³/mol. The number of ether oxygens (including phenoxy) is 1. The summed E-state index contributed by atoms with van der Waals surface area (Å²) in [6.07, 6.45) is 3.58. The Morgan fingerprint density at radius 1 is 1.29 bits per heavy atom. The Morgan fingerprint density at radius 2 is 2.11 bits per heavy atom. The molecule has 0 radical (unpaired) electrons. The summed E-state index contributed by atoms with van der Waals surface area (Å²) in [6, 6.07) is 10.1. The fourth-order valence-corrected chi connectivity index (χ4v) is 3.08. The van der Waals surface area contributed by atoms with Crippen LogP contribution in [0.15, 0.2) is 47.7 Å². The molecule has 0 saturated carbocycles. The van der Waals surface area contributed by atoms with Gasteiger partial charge in [0.15, 0.2) is 5.96 Å². The molecule has 0 unspecified atom stereocenters. The Hall–Kier alpha value is -2.87. The Labute approximate surface area is 165 Å². The highest BCUT2D eigenvalue weighted by Gasteiger charge is 2.27. The first-order valence-corrected chi connectivity index (χ1v) is 9.61. The predicted octanol–water partition coefficient (Wildman–Crippen LogP) is 1.25. The number of rotatable bonds is 7. The molecule has 2 aromatic rings. The lowest BCUT2D eigenvalue weighted by Gasteiger charge is -2.35. The van der Waals surface area contributed by atoms with E-state index in [9.17, 15) is 4.79 Å². The number of anilines is 1. The van der Waals surface area contributed by atoms with E-state index in [0.29, 0.717) is 32.8 Å². The molecule has 8 nitrogen and oxygen atoms in total. The summed E-state index contributed by atoms with van der Waals surface area (Å²) in [5.74, 6) is 0.801. The van der Waals surface area contributed by atoms with Crippen LogP contribution in [0.2, 0.25) is 0 Å². The molecule has 1 aromatic heterocycles. The van der Waals surface area contributed by atoms with Gasteiger partial charge in [-0.15, -0.1) is 0 Å². The molecule has 28 heavy (non-hydrogen) atoms. The van der Waals surface area contributed by atoms with Crippen molar-refractivity contribution >= 4 is 17.6 Å². The minimum atomic E-state index is 0.0465. The number of amides is 1. The van der Waals surface area contributed by atoms with Crippen LogP contribution in [0.5, 0.6) is 0 Å². The van der Waals surface area contributed by atoms with E-state index in [0.717, 1.165) is 30.3 Å². The third kappa shape index (κ3) is 5.32. The molecule has 3 rings (SSSR count). The largest absolute Gasteiger partial charge is 0.375 e. The number of carbonyl (C=O) groups is 1. The van der Waals surface area contributed by atoms with Crippen LogP contribution in [-0.4, -0.2) is 65.9 Å². The maximum Gasteiger partial charge on any atom is 0.246 e. The maximum atomic E-state index is 12.6. The lowest BCUT2D eigenvalue weighted by molar-refractivity contribution is -0.120. The molecule has 1 saturated heterocycles. The van der Waals surface area contributed by atoms with Gasteiger partial charge in [0.05, 0.1) is 31.6 Å². The van der Waals surface area contributed by atoms with Gasteiger partial charge in [-0.1, -0.05) is 30.3 Å². The highest BCUT2D eigenvalue weighted by atomic mass is 16.5. The highest BCUT2D eigenvalue weighted by molar-refractivity contribution is 5.98. The first kappa shape index (κ1) is 19.9. The number of benzene rings is 1. The van der Waals surface area contributed by atoms with E-state index >= 15 is 0 Å². The van der Waals surface area contributed by atoms with Gasteiger partial charge >= 0.3 is 0 Å². The van der Waals surface area contributed by atoms with Crippen LogP contribution in [0.4, 0.5) is 5.69 Å². The molecule has 0 spiro atoms. The van der Waals surface area contributed by atoms with Crippen LogP contribution in [0.1, 0.15) is 12.5 Å². The van der Waals surface area contributed by atoms with Crippen LogP contribution < -0.4 is 10.2 Å². The standard InChI is InChI=1S/C20H28N6O2/c1-3-21-20(22-9-12-28-16-17-7-5-4-6-8-17)25-10-11-26(19(27)15-25)18-13-23-24(2)14-18/h4-8,13-14H,3,9-12,15-16H2,1-2H3,(H,21,22). The second kappa shape index (κ2) is 9.89. The summed E-state index contributed by atoms with van der Waals surface area (Å²) in [6.45, 7) is 6.06. The molecule has 1 amide bonds. The van der Waals surface area contributed by atoms with E-state index in [4.69, 9.17) is 4.74 Å². The van der Waals surface area contributed by atoms with Crippen LogP contribution in [-0.2, 0) is 23.2 Å². The SMILES string of the molecule is CCNC(=NCCOCc1ccccc1)N1CCN(c2cnn(C)c2)C(=O)C1. The minimum Gasteiger partial charge on any atom is -0.375 e. The number of hydrogen-bond donors (Lipinski definition) is 1. The number of piperazine rings is 1. The van der Waals surface area contributed by atoms with Crippen molar-refractivity contribution < 1.29 is 9.53 Å². The van der Waals surface area contributed by atoms with Crippen LogP contribution in [0.3, 0.4) is 0 Å². The van der Waals surface area contributed by atoms with Crippen molar-refractivity contribution in [3.05, 3.63) is 48.3 Å². The summed E-state index contributed by atoms with van der Waals surface area (Å²) in [4.78, 5) is 21.0. The van der Waals surface area contributed by atoms with Gasteiger partial charge in [-0.3, -0.25) is 14.5 Å². The smallest absolute Gasteiger partial charge is 0.246 e. The number of aromatic nitrogens is 2. The van der Waals surface area contributed by atoms with E-state index < -0.39 is 0 Å². The van der Waals surface area contributed by atoms with Gasteiger partial charge in [-0.25, -0.2) is 0 Å². The minimum absolute atomic E-state index is 0.0465. The quantitative estimate of drug-likeness (QED) is 0.442. The van der Waals surface area contributed by atoms with Gasteiger partial charge in [0.1, 0.15) is 6.54 Å². The number of guanidine groups is 1. The van der Waals surface area contributed by atoms with Crippen molar-refractivity contribution in [1.29, 1.82) is 0 Å². The van der Waals surface area contributed by atoms with E-state index in [-0.39, 0.29) is 5.91 Å². The topological polar surface area (TPSA) is 75.0 Å². The second-order valence-corrected chi connectivity index (χ2v) is 6.61. The summed E-state index contributed by atoms with van der Waals surface area (Å²) < 4.78 is 7.40. The second-order valence-electron chi connectivity index (χ2n) is 6.61. The van der Waals surface area contributed by atoms with Crippen LogP contribution in [0.25, 0.3) is 0 Å². The number of hydrogen-bond acceptors (Lipinski definition) is 4. The van der Waals surface area contributed by atoms with Crippen molar-refractivity contribution in [2.45, 2.75) is 13.5 Å². The van der Waals surface area contributed by atoms with Gasteiger partial charge in [-0.05, 0) is 12.5 Å². The molecule has 150 valence electrons. The first-order valence-electron chi connectivity index (χ1n) is 9.61. The maximum absolute atomic E-state index is 12.6. The van der Waals surface area contributed by atoms with Crippen molar-refractivity contribution in [3.8, 4) is 0 Å². The molecule has 0 atom stereocenters. The monoisotopic (exact) mass is 384 g/mol. The van der Waals surface area contributed by atoms with E-state index in [1.54, 1.807) is 15.8 Å². The van der Waals surface area contributed by atoms with Crippen molar-refractivity contribution in [3.63, 3.8) is 0 Å². The number of carbonyl (C=O) groups excluding carboxylic acids is 1. The molecule has 0 aliphatic carbocycles. The number of aryl methyl sites for hydroxylation is 1. The highest BCUT2D eigenvalue weighted by Crippen LogP contribution is 2.16. The zero-order chi connectivity index (χ0) is 19.8. The van der Waals surface area contributed by atoms with Crippen LogP contribution in [0, 0.1) is 0 Å². The third-order valence-corrected chi connectivity index (χ3v) is 4.47. The normalized spacial score (nSPS) is 15.2. The molecular formula is C20H28N6O2. The van der Waals surface area contributed by atoms with E-state index in [2.05, 4.69) is 15.4 Å². The summed E-state index contributed by atoms with van der Waals surface area (Å²) in [5.41, 5.74) is 1.99. The molecule has 2 heterocycles. The zero-order valence-electron chi connectivity index (χ0n) is 16.5. The first-order chi connectivity index (χ1) is 13.7. The Balaban J connectivity index is 1.50. The molecule has 8 heteroatoms. The van der Waals surface area contributed by atoms with Gasteiger partial charge in [0.2, 0.25) is 5.91 Å². The molecule has 1 aliphatic heterocycles.